The molecule has 1 amide bonds. The van der Waals surface area contributed by atoms with Gasteiger partial charge in [0, 0.05) is 24.9 Å². The molecule has 0 aliphatic carbocycles. The molecule has 20 heavy (non-hydrogen) atoms. The van der Waals surface area contributed by atoms with Gasteiger partial charge in [0.1, 0.15) is 5.52 Å². The second-order valence-corrected chi connectivity index (χ2v) is 4.28. The number of pyridine rings is 1. The molecule has 0 spiro atoms. The molecule has 100 valence electrons. The van der Waals surface area contributed by atoms with Crippen molar-refractivity contribution in [1.82, 2.24) is 24.5 Å². The van der Waals surface area contributed by atoms with E-state index in [2.05, 4.69) is 19.9 Å². The molecular weight excluding hydrogens is 256 g/mol. The summed E-state index contributed by atoms with van der Waals surface area (Å²) in [5.74, 6) is -0.651. The standard InChI is InChI=1S/C13H12N6O/c14-11(20)12-16-7-10-13(18-12)19(8-17-10)6-4-9-3-1-2-5-15-9/h1-3,5,7-8H,4,6H2,(H2,14,20). The molecule has 2 N–H and O–H groups in total. The number of nitrogens with zero attached hydrogens (tertiary/aromatic N) is 5. The van der Waals surface area contributed by atoms with Crippen LogP contribution < -0.4 is 5.73 Å². The topological polar surface area (TPSA) is 99.6 Å². The lowest BCUT2D eigenvalue weighted by atomic mass is 10.3. The summed E-state index contributed by atoms with van der Waals surface area (Å²) in [5, 5.41) is 0. The Morgan fingerprint density at radius 2 is 2.15 bits per heavy atom. The first kappa shape index (κ1) is 12.2. The zero-order valence-corrected chi connectivity index (χ0v) is 10.6. The molecule has 0 saturated heterocycles. The Labute approximate surface area is 114 Å². The minimum Gasteiger partial charge on any atom is -0.363 e. The molecule has 3 heterocycles. The lowest BCUT2D eigenvalue weighted by molar-refractivity contribution is 0.0990. The van der Waals surface area contributed by atoms with Gasteiger partial charge in [-0.2, -0.15) is 0 Å². The van der Waals surface area contributed by atoms with Crippen molar-refractivity contribution in [3.05, 3.63) is 48.4 Å². The van der Waals surface area contributed by atoms with Crippen LogP contribution >= 0.6 is 0 Å². The summed E-state index contributed by atoms with van der Waals surface area (Å²) >= 11 is 0. The Kier molecular flexibility index (Phi) is 3.08. The van der Waals surface area contributed by atoms with Gasteiger partial charge in [0.25, 0.3) is 5.91 Å². The monoisotopic (exact) mass is 268 g/mol. The van der Waals surface area contributed by atoms with Gasteiger partial charge in [-0.05, 0) is 12.1 Å². The number of aryl methyl sites for hydroxylation is 2. The quantitative estimate of drug-likeness (QED) is 0.745. The van der Waals surface area contributed by atoms with E-state index in [1.807, 2.05) is 22.8 Å². The van der Waals surface area contributed by atoms with E-state index in [0.29, 0.717) is 17.7 Å². The maximum absolute atomic E-state index is 11.1. The number of amides is 1. The van der Waals surface area contributed by atoms with Gasteiger partial charge >= 0.3 is 0 Å². The van der Waals surface area contributed by atoms with Crippen LogP contribution in [0.2, 0.25) is 0 Å². The first-order valence-corrected chi connectivity index (χ1v) is 6.11. The molecule has 0 fully saturated rings. The molecular formula is C13H12N6O. The van der Waals surface area contributed by atoms with Crippen LogP contribution in [-0.4, -0.2) is 30.4 Å². The highest BCUT2D eigenvalue weighted by atomic mass is 16.1. The average Bonchev–Trinajstić information content (AvgIpc) is 2.88. The summed E-state index contributed by atoms with van der Waals surface area (Å²) in [6.45, 7) is 0.669. The van der Waals surface area contributed by atoms with E-state index < -0.39 is 5.91 Å². The van der Waals surface area contributed by atoms with Gasteiger partial charge in [-0.15, -0.1) is 0 Å². The summed E-state index contributed by atoms with van der Waals surface area (Å²) in [6.07, 6.45) is 5.68. The number of carbonyl (C=O) groups excluding carboxylic acids is 1. The number of primary amides is 1. The van der Waals surface area contributed by atoms with Crippen molar-refractivity contribution in [2.75, 3.05) is 0 Å². The number of hydrogen-bond acceptors (Lipinski definition) is 5. The highest BCUT2D eigenvalue weighted by Gasteiger charge is 2.10. The van der Waals surface area contributed by atoms with Crippen molar-refractivity contribution in [2.45, 2.75) is 13.0 Å². The average molecular weight is 268 g/mol. The Balaban J connectivity index is 1.88. The number of rotatable bonds is 4. The number of aromatic nitrogens is 5. The van der Waals surface area contributed by atoms with Crippen LogP contribution in [0.15, 0.2) is 36.9 Å². The molecule has 7 heteroatoms. The molecule has 0 atom stereocenters. The van der Waals surface area contributed by atoms with Gasteiger partial charge in [0.15, 0.2) is 5.65 Å². The Morgan fingerprint density at radius 1 is 1.25 bits per heavy atom. The van der Waals surface area contributed by atoms with E-state index in [4.69, 9.17) is 5.73 Å². The second kappa shape index (κ2) is 5.04. The largest absolute Gasteiger partial charge is 0.363 e. The zero-order chi connectivity index (χ0) is 13.9. The van der Waals surface area contributed by atoms with E-state index in [-0.39, 0.29) is 5.82 Å². The van der Waals surface area contributed by atoms with Crippen LogP contribution in [-0.2, 0) is 13.0 Å². The van der Waals surface area contributed by atoms with Crippen LogP contribution in [0.1, 0.15) is 16.3 Å². The minimum atomic E-state index is -0.649. The fraction of sp³-hybridized carbons (Fsp3) is 0.154. The van der Waals surface area contributed by atoms with Crippen LogP contribution in [0, 0.1) is 0 Å². The molecule has 0 aromatic carbocycles. The van der Waals surface area contributed by atoms with Crippen molar-refractivity contribution in [3.63, 3.8) is 0 Å². The van der Waals surface area contributed by atoms with E-state index in [9.17, 15) is 4.79 Å². The third-order valence-electron chi connectivity index (χ3n) is 2.91. The number of imidazole rings is 1. The third kappa shape index (κ3) is 2.33. The van der Waals surface area contributed by atoms with Gasteiger partial charge in [-0.1, -0.05) is 6.07 Å². The molecule has 0 radical (unpaired) electrons. The number of hydrogen-bond donors (Lipinski definition) is 1. The second-order valence-electron chi connectivity index (χ2n) is 4.28. The predicted octanol–water partition coefficient (Wildman–Crippen LogP) is 0.563. The van der Waals surface area contributed by atoms with Crippen molar-refractivity contribution in [2.24, 2.45) is 5.73 Å². The molecule has 0 bridgehead atoms. The van der Waals surface area contributed by atoms with Crippen molar-refractivity contribution < 1.29 is 4.79 Å². The van der Waals surface area contributed by atoms with Gasteiger partial charge < -0.3 is 10.3 Å². The molecule has 0 aliphatic heterocycles. The van der Waals surface area contributed by atoms with E-state index >= 15 is 0 Å². The summed E-state index contributed by atoms with van der Waals surface area (Å²) in [4.78, 5) is 27.6. The van der Waals surface area contributed by atoms with Crippen molar-refractivity contribution >= 4 is 17.1 Å². The van der Waals surface area contributed by atoms with Gasteiger partial charge in [0.05, 0.1) is 12.5 Å². The van der Waals surface area contributed by atoms with Crippen molar-refractivity contribution in [3.8, 4) is 0 Å². The Hall–Kier alpha value is -2.83. The van der Waals surface area contributed by atoms with Crippen molar-refractivity contribution in [1.29, 1.82) is 0 Å². The molecule has 3 aromatic heterocycles. The first-order chi connectivity index (χ1) is 9.74. The lowest BCUT2D eigenvalue weighted by Crippen LogP contribution is -2.15. The van der Waals surface area contributed by atoms with Gasteiger partial charge in [-0.3, -0.25) is 9.78 Å². The normalized spacial score (nSPS) is 10.8. The van der Waals surface area contributed by atoms with E-state index in [0.717, 1.165) is 12.1 Å². The zero-order valence-electron chi connectivity index (χ0n) is 10.6. The van der Waals surface area contributed by atoms with Crippen LogP contribution in [0.5, 0.6) is 0 Å². The molecule has 0 aliphatic rings. The van der Waals surface area contributed by atoms with Crippen LogP contribution in [0.4, 0.5) is 0 Å². The minimum absolute atomic E-state index is 0.00270. The molecule has 0 saturated carbocycles. The number of carbonyl (C=O) groups is 1. The fourth-order valence-electron chi connectivity index (χ4n) is 1.92. The molecule has 3 rings (SSSR count). The molecule has 7 nitrogen and oxygen atoms in total. The smallest absolute Gasteiger partial charge is 0.286 e. The molecule has 0 unspecified atom stereocenters. The lowest BCUT2D eigenvalue weighted by Gasteiger charge is -2.03. The fourth-order valence-corrected chi connectivity index (χ4v) is 1.92. The third-order valence-corrected chi connectivity index (χ3v) is 2.91. The van der Waals surface area contributed by atoms with E-state index in [1.165, 1.54) is 6.20 Å². The first-order valence-electron chi connectivity index (χ1n) is 6.11. The summed E-state index contributed by atoms with van der Waals surface area (Å²) in [6, 6.07) is 5.78. The number of nitrogens with two attached hydrogens (primary N) is 1. The maximum Gasteiger partial charge on any atom is 0.286 e. The Morgan fingerprint density at radius 3 is 2.90 bits per heavy atom. The predicted molar refractivity (Wildman–Crippen MR) is 71.8 cm³/mol. The van der Waals surface area contributed by atoms with Gasteiger partial charge in [0.2, 0.25) is 5.82 Å². The summed E-state index contributed by atoms with van der Waals surface area (Å²) in [5.41, 5.74) is 7.41. The maximum atomic E-state index is 11.1. The molecule has 3 aromatic rings. The van der Waals surface area contributed by atoms with Gasteiger partial charge in [-0.25, -0.2) is 15.0 Å². The Bertz CT molecular complexity index is 752. The highest BCUT2D eigenvalue weighted by Crippen LogP contribution is 2.10. The summed E-state index contributed by atoms with van der Waals surface area (Å²) in [7, 11) is 0. The number of fused-ring (bicyclic) bond motifs is 1. The summed E-state index contributed by atoms with van der Waals surface area (Å²) < 4.78 is 1.86. The highest BCUT2D eigenvalue weighted by molar-refractivity contribution is 5.90. The van der Waals surface area contributed by atoms with E-state index in [1.54, 1.807) is 12.5 Å². The van der Waals surface area contributed by atoms with Crippen LogP contribution in [0.25, 0.3) is 11.2 Å². The SMILES string of the molecule is NC(=O)c1ncc2ncn(CCc3ccccn3)c2n1. The van der Waals surface area contributed by atoms with Crippen LogP contribution in [0.3, 0.4) is 0 Å².